The van der Waals surface area contributed by atoms with E-state index in [0.29, 0.717) is 6.61 Å². The van der Waals surface area contributed by atoms with Gasteiger partial charge in [0.25, 0.3) is 0 Å². The normalized spacial score (nSPS) is 31.6. The standard InChI is InChI=1S/C14H20BrNO4/c1-5-19-12(17)10-8-6-7-9(11(10)15)16(8)13(18)20-14(2,3)4/h6-11H,5H2,1-4H3. The van der Waals surface area contributed by atoms with Crippen molar-refractivity contribution in [3.8, 4) is 0 Å². The minimum Gasteiger partial charge on any atom is -0.466 e. The zero-order chi connectivity index (χ0) is 15.1. The highest BCUT2D eigenvalue weighted by Gasteiger charge is 2.55. The van der Waals surface area contributed by atoms with Crippen LogP contribution in [0.4, 0.5) is 4.79 Å². The summed E-state index contributed by atoms with van der Waals surface area (Å²) in [6, 6.07) is -0.456. The van der Waals surface area contributed by atoms with Crippen LogP contribution in [0.25, 0.3) is 0 Å². The summed E-state index contributed by atoms with van der Waals surface area (Å²) in [5.41, 5.74) is -0.555. The number of nitrogens with zero attached hydrogens (tertiary/aromatic N) is 1. The van der Waals surface area contributed by atoms with Gasteiger partial charge in [0, 0.05) is 0 Å². The number of hydrogen-bond acceptors (Lipinski definition) is 4. The molecule has 1 saturated heterocycles. The molecule has 0 aromatic rings. The van der Waals surface area contributed by atoms with Crippen LogP contribution in [0.5, 0.6) is 0 Å². The number of carbonyl (C=O) groups is 2. The van der Waals surface area contributed by atoms with Crippen LogP contribution in [-0.2, 0) is 14.3 Å². The lowest BCUT2D eigenvalue weighted by Crippen LogP contribution is -2.42. The van der Waals surface area contributed by atoms with Crippen LogP contribution < -0.4 is 0 Å². The first-order chi connectivity index (χ1) is 9.26. The van der Waals surface area contributed by atoms with Crippen molar-refractivity contribution in [1.82, 2.24) is 4.90 Å². The molecule has 1 amide bonds. The predicted molar refractivity (Wildman–Crippen MR) is 77.6 cm³/mol. The van der Waals surface area contributed by atoms with Crippen LogP contribution in [0.1, 0.15) is 27.7 Å². The van der Waals surface area contributed by atoms with Gasteiger partial charge in [-0.2, -0.15) is 0 Å². The smallest absolute Gasteiger partial charge is 0.411 e. The van der Waals surface area contributed by atoms with Crippen LogP contribution in [0.15, 0.2) is 12.2 Å². The van der Waals surface area contributed by atoms with Crippen molar-refractivity contribution in [2.75, 3.05) is 6.61 Å². The van der Waals surface area contributed by atoms with Crippen LogP contribution in [0.2, 0.25) is 0 Å². The molecule has 0 aromatic carbocycles. The fourth-order valence-corrected chi connectivity index (χ4v) is 3.59. The summed E-state index contributed by atoms with van der Waals surface area (Å²) in [5.74, 6) is -0.655. The fourth-order valence-electron chi connectivity index (χ4n) is 2.63. The van der Waals surface area contributed by atoms with E-state index in [4.69, 9.17) is 9.47 Å². The summed E-state index contributed by atoms with van der Waals surface area (Å²) >= 11 is 3.52. The van der Waals surface area contributed by atoms with Crippen molar-refractivity contribution in [2.24, 2.45) is 5.92 Å². The largest absolute Gasteiger partial charge is 0.466 e. The third-order valence-electron chi connectivity index (χ3n) is 3.35. The maximum atomic E-state index is 12.3. The Morgan fingerprint density at radius 1 is 1.25 bits per heavy atom. The van der Waals surface area contributed by atoms with Gasteiger partial charge in [-0.25, -0.2) is 4.79 Å². The quantitative estimate of drug-likeness (QED) is 0.438. The third-order valence-corrected chi connectivity index (χ3v) is 4.46. The van der Waals surface area contributed by atoms with Crippen molar-refractivity contribution in [2.45, 2.75) is 50.2 Å². The second kappa shape index (κ2) is 5.39. The van der Waals surface area contributed by atoms with E-state index < -0.39 is 11.7 Å². The number of hydrogen-bond donors (Lipinski definition) is 0. The van der Waals surface area contributed by atoms with Gasteiger partial charge in [0.1, 0.15) is 5.60 Å². The van der Waals surface area contributed by atoms with E-state index in [9.17, 15) is 9.59 Å². The van der Waals surface area contributed by atoms with Gasteiger partial charge < -0.3 is 9.47 Å². The molecule has 0 radical (unpaired) electrons. The second-order valence-corrected chi connectivity index (χ2v) is 7.03. The maximum absolute atomic E-state index is 12.3. The van der Waals surface area contributed by atoms with Crippen LogP contribution in [-0.4, -0.2) is 46.1 Å². The molecule has 0 aliphatic carbocycles. The predicted octanol–water partition coefficient (Wildman–Crippen LogP) is 2.49. The van der Waals surface area contributed by atoms with Gasteiger partial charge in [-0.1, -0.05) is 28.1 Å². The van der Waals surface area contributed by atoms with E-state index in [-0.39, 0.29) is 28.8 Å². The molecule has 0 spiro atoms. The number of halogens is 1. The Kier molecular flexibility index (Phi) is 4.14. The number of ether oxygens (including phenoxy) is 2. The average Bonchev–Trinajstić information content (AvgIpc) is 2.82. The maximum Gasteiger partial charge on any atom is 0.411 e. The molecule has 0 N–H and O–H groups in total. The molecule has 20 heavy (non-hydrogen) atoms. The molecule has 2 aliphatic rings. The lowest BCUT2D eigenvalue weighted by Gasteiger charge is -2.27. The van der Waals surface area contributed by atoms with Gasteiger partial charge in [0.15, 0.2) is 0 Å². The zero-order valence-corrected chi connectivity index (χ0v) is 13.7. The van der Waals surface area contributed by atoms with Gasteiger partial charge >= 0.3 is 12.1 Å². The highest BCUT2D eigenvalue weighted by atomic mass is 79.9. The number of fused-ring (bicyclic) bond motifs is 2. The van der Waals surface area contributed by atoms with Crippen molar-refractivity contribution >= 4 is 28.0 Å². The molecule has 4 unspecified atom stereocenters. The molecule has 2 aliphatic heterocycles. The van der Waals surface area contributed by atoms with Gasteiger partial charge in [-0.05, 0) is 27.7 Å². The number of alkyl halides is 1. The average molecular weight is 346 g/mol. The Balaban J connectivity index is 2.15. The molecule has 2 heterocycles. The van der Waals surface area contributed by atoms with Crippen LogP contribution >= 0.6 is 15.9 Å². The van der Waals surface area contributed by atoms with E-state index in [0.717, 1.165) is 0 Å². The Labute approximate surface area is 127 Å². The van der Waals surface area contributed by atoms with E-state index in [1.807, 2.05) is 32.9 Å². The number of amides is 1. The van der Waals surface area contributed by atoms with Gasteiger partial charge in [0.2, 0.25) is 0 Å². The molecule has 2 rings (SSSR count). The van der Waals surface area contributed by atoms with Crippen LogP contribution in [0.3, 0.4) is 0 Å². The molecule has 1 fully saturated rings. The topological polar surface area (TPSA) is 55.8 Å². The first kappa shape index (κ1) is 15.4. The molecule has 0 aromatic heterocycles. The Morgan fingerprint density at radius 2 is 1.85 bits per heavy atom. The van der Waals surface area contributed by atoms with Crippen molar-refractivity contribution in [1.29, 1.82) is 0 Å². The molecular weight excluding hydrogens is 326 g/mol. The number of rotatable bonds is 2. The van der Waals surface area contributed by atoms with E-state index in [1.165, 1.54) is 0 Å². The first-order valence-electron chi connectivity index (χ1n) is 6.76. The summed E-state index contributed by atoms with van der Waals surface area (Å²) in [6.45, 7) is 7.58. The first-order valence-corrected chi connectivity index (χ1v) is 7.68. The van der Waals surface area contributed by atoms with Gasteiger partial charge in [0.05, 0.1) is 29.4 Å². The molecule has 4 atom stereocenters. The Morgan fingerprint density at radius 3 is 2.40 bits per heavy atom. The zero-order valence-electron chi connectivity index (χ0n) is 12.1. The molecule has 5 nitrogen and oxygen atoms in total. The summed E-state index contributed by atoms with van der Waals surface area (Å²) in [7, 11) is 0. The number of carbonyl (C=O) groups excluding carboxylic acids is 2. The summed E-state index contributed by atoms with van der Waals surface area (Å²) < 4.78 is 10.5. The van der Waals surface area contributed by atoms with Crippen molar-refractivity contribution in [3.05, 3.63) is 12.2 Å². The van der Waals surface area contributed by atoms with Crippen molar-refractivity contribution in [3.63, 3.8) is 0 Å². The SMILES string of the molecule is CCOC(=O)C1C(Br)C2C=CC1N2C(=O)OC(C)(C)C. The summed E-state index contributed by atoms with van der Waals surface area (Å²) in [6.07, 6.45) is 3.42. The molecule has 6 heteroatoms. The molecule has 0 saturated carbocycles. The van der Waals surface area contributed by atoms with Gasteiger partial charge in [-0.15, -0.1) is 0 Å². The lowest BCUT2D eigenvalue weighted by atomic mass is 9.94. The monoisotopic (exact) mass is 345 g/mol. The third kappa shape index (κ3) is 2.71. The highest BCUT2D eigenvalue weighted by Crippen LogP contribution is 2.42. The minimum atomic E-state index is -0.555. The van der Waals surface area contributed by atoms with E-state index in [1.54, 1.807) is 11.8 Å². The lowest BCUT2D eigenvalue weighted by molar-refractivity contribution is -0.148. The van der Waals surface area contributed by atoms with E-state index in [2.05, 4.69) is 15.9 Å². The second-order valence-electron chi connectivity index (χ2n) is 5.98. The Hall–Kier alpha value is -1.04. The number of esters is 1. The summed E-state index contributed by atoms with van der Waals surface area (Å²) in [5, 5.41) is 0. The van der Waals surface area contributed by atoms with Crippen LogP contribution in [0, 0.1) is 5.92 Å². The fraction of sp³-hybridized carbons (Fsp3) is 0.714. The molecule has 2 bridgehead atoms. The van der Waals surface area contributed by atoms with Crippen molar-refractivity contribution < 1.29 is 19.1 Å². The molecule has 112 valence electrons. The molecular formula is C14H20BrNO4. The highest BCUT2D eigenvalue weighted by molar-refractivity contribution is 9.09. The van der Waals surface area contributed by atoms with E-state index >= 15 is 0 Å². The summed E-state index contributed by atoms with van der Waals surface area (Å²) in [4.78, 5) is 25.8. The minimum absolute atomic E-state index is 0.135. The Bertz CT molecular complexity index is 443. The van der Waals surface area contributed by atoms with Gasteiger partial charge in [-0.3, -0.25) is 9.69 Å².